The van der Waals surface area contributed by atoms with Crippen molar-refractivity contribution in [3.05, 3.63) is 58.9 Å². The Morgan fingerprint density at radius 3 is 2.42 bits per heavy atom. The first-order valence-electron chi connectivity index (χ1n) is 9.97. The summed E-state index contributed by atoms with van der Waals surface area (Å²) in [4.78, 5) is 32.9. The van der Waals surface area contributed by atoms with Crippen LogP contribution in [0.15, 0.2) is 47.6 Å². The molecule has 162 valence electrons. The number of carbonyl (C=O) groups is 2. The first-order valence-corrected chi connectivity index (χ1v) is 10.3. The van der Waals surface area contributed by atoms with Crippen LogP contribution in [0.3, 0.4) is 0 Å². The Labute approximate surface area is 184 Å². The Hall–Kier alpha value is -3.04. The second-order valence-corrected chi connectivity index (χ2v) is 8.02. The van der Waals surface area contributed by atoms with E-state index < -0.39 is 17.4 Å². The Balaban J connectivity index is 1.56. The van der Waals surface area contributed by atoms with E-state index in [1.807, 2.05) is 4.90 Å². The average molecular weight is 444 g/mol. The predicted octanol–water partition coefficient (Wildman–Crippen LogP) is 1.17. The number of piperazine rings is 1. The van der Waals surface area contributed by atoms with Crippen LogP contribution in [-0.4, -0.2) is 86.2 Å². The molecule has 1 aromatic heterocycles. The predicted molar refractivity (Wildman–Crippen MR) is 113 cm³/mol. The Kier molecular flexibility index (Phi) is 5.88. The molecule has 1 aliphatic heterocycles. The summed E-state index contributed by atoms with van der Waals surface area (Å²) in [6.07, 6.45) is 1.80. The van der Waals surface area contributed by atoms with Gasteiger partial charge in [-0.05, 0) is 30.7 Å². The third-order valence-electron chi connectivity index (χ3n) is 5.74. The highest BCUT2D eigenvalue weighted by Crippen LogP contribution is 2.47. The van der Waals surface area contributed by atoms with Crippen LogP contribution in [0.2, 0.25) is 5.02 Å². The van der Waals surface area contributed by atoms with E-state index in [4.69, 9.17) is 11.6 Å². The van der Waals surface area contributed by atoms with Crippen molar-refractivity contribution in [2.75, 3.05) is 32.8 Å². The molecule has 2 aromatic rings. The highest BCUT2D eigenvalue weighted by atomic mass is 35.5. The number of benzene rings is 1. The van der Waals surface area contributed by atoms with Crippen molar-refractivity contribution in [1.29, 1.82) is 0 Å². The van der Waals surface area contributed by atoms with E-state index in [0.717, 1.165) is 0 Å². The van der Waals surface area contributed by atoms with E-state index in [1.54, 1.807) is 41.3 Å². The van der Waals surface area contributed by atoms with Crippen LogP contribution in [0.5, 0.6) is 0 Å². The SMILES string of the molecule is O=C(c1ccccc1Cl)N1CCN(/C(=N/C2(C(=O)O)CC2CO)c2cccnn2)CC1. The number of aliphatic hydroxyl groups is 1. The molecule has 0 spiro atoms. The Morgan fingerprint density at radius 1 is 1.13 bits per heavy atom. The number of amides is 1. The quantitative estimate of drug-likeness (QED) is 0.525. The lowest BCUT2D eigenvalue weighted by Gasteiger charge is -2.36. The maximum Gasteiger partial charge on any atom is 0.332 e. The summed E-state index contributed by atoms with van der Waals surface area (Å²) >= 11 is 6.17. The molecule has 2 unspecified atom stereocenters. The largest absolute Gasteiger partial charge is 0.479 e. The molecule has 0 radical (unpaired) electrons. The van der Waals surface area contributed by atoms with E-state index in [9.17, 15) is 19.8 Å². The lowest BCUT2D eigenvalue weighted by molar-refractivity contribution is -0.140. The second-order valence-electron chi connectivity index (χ2n) is 7.62. The molecule has 0 bridgehead atoms. The Bertz CT molecular complexity index is 1010. The molecule has 2 heterocycles. The minimum absolute atomic E-state index is 0.146. The van der Waals surface area contributed by atoms with E-state index in [-0.39, 0.29) is 18.9 Å². The zero-order valence-electron chi connectivity index (χ0n) is 16.7. The van der Waals surface area contributed by atoms with Gasteiger partial charge in [0.05, 0.1) is 10.6 Å². The summed E-state index contributed by atoms with van der Waals surface area (Å²) in [6, 6.07) is 10.4. The van der Waals surface area contributed by atoms with Crippen LogP contribution in [0.1, 0.15) is 22.5 Å². The average Bonchev–Trinajstić information content (AvgIpc) is 3.53. The number of nitrogens with zero attached hydrogens (tertiary/aromatic N) is 5. The molecule has 1 saturated heterocycles. The number of amidine groups is 1. The highest BCUT2D eigenvalue weighted by molar-refractivity contribution is 6.33. The second kappa shape index (κ2) is 8.60. The fraction of sp³-hybridized carbons (Fsp3) is 0.381. The van der Waals surface area contributed by atoms with Gasteiger partial charge < -0.3 is 20.0 Å². The molecule has 2 fully saturated rings. The van der Waals surface area contributed by atoms with Crippen LogP contribution in [0.4, 0.5) is 0 Å². The smallest absolute Gasteiger partial charge is 0.332 e. The summed E-state index contributed by atoms with van der Waals surface area (Å²) in [5, 5.41) is 27.6. The summed E-state index contributed by atoms with van der Waals surface area (Å²) < 4.78 is 0. The lowest BCUT2D eigenvalue weighted by atomic mass is 10.1. The zero-order valence-corrected chi connectivity index (χ0v) is 17.4. The van der Waals surface area contributed by atoms with Crippen molar-refractivity contribution in [3.8, 4) is 0 Å². The van der Waals surface area contributed by atoms with Gasteiger partial charge in [0, 0.05) is 44.9 Å². The van der Waals surface area contributed by atoms with Gasteiger partial charge >= 0.3 is 5.97 Å². The topological polar surface area (TPSA) is 119 Å². The summed E-state index contributed by atoms with van der Waals surface area (Å²) in [7, 11) is 0. The van der Waals surface area contributed by atoms with Gasteiger partial charge in [0.15, 0.2) is 11.4 Å². The molecule has 1 aliphatic carbocycles. The van der Waals surface area contributed by atoms with Gasteiger partial charge in [0.1, 0.15) is 5.69 Å². The van der Waals surface area contributed by atoms with Crippen LogP contribution >= 0.6 is 11.6 Å². The number of carboxylic acids is 1. The van der Waals surface area contributed by atoms with Crippen molar-refractivity contribution in [3.63, 3.8) is 0 Å². The molecule has 2 N–H and O–H groups in total. The molecule has 4 rings (SSSR count). The van der Waals surface area contributed by atoms with Crippen molar-refractivity contribution >= 4 is 29.3 Å². The minimum Gasteiger partial charge on any atom is -0.479 e. The van der Waals surface area contributed by atoms with Crippen LogP contribution in [0.25, 0.3) is 0 Å². The first kappa shape index (κ1) is 21.2. The van der Waals surface area contributed by atoms with E-state index in [0.29, 0.717) is 48.3 Å². The maximum absolute atomic E-state index is 12.8. The van der Waals surface area contributed by atoms with Gasteiger partial charge in [-0.2, -0.15) is 5.10 Å². The number of carboxylic acid groups (broad SMARTS) is 1. The number of carbonyl (C=O) groups excluding carboxylic acids is 1. The number of halogens is 1. The molecule has 2 aliphatic rings. The van der Waals surface area contributed by atoms with E-state index >= 15 is 0 Å². The number of hydrogen-bond acceptors (Lipinski definition) is 6. The monoisotopic (exact) mass is 443 g/mol. The molecule has 1 aromatic carbocycles. The van der Waals surface area contributed by atoms with Gasteiger partial charge in [-0.3, -0.25) is 4.79 Å². The van der Waals surface area contributed by atoms with Crippen LogP contribution < -0.4 is 0 Å². The van der Waals surface area contributed by atoms with Crippen LogP contribution in [-0.2, 0) is 4.79 Å². The Morgan fingerprint density at radius 2 is 1.84 bits per heavy atom. The van der Waals surface area contributed by atoms with Gasteiger partial charge in [-0.15, -0.1) is 5.10 Å². The number of hydrogen-bond donors (Lipinski definition) is 2. The lowest BCUT2D eigenvalue weighted by Crippen LogP contribution is -2.51. The molecule has 2 atom stereocenters. The number of aromatic nitrogens is 2. The molecular weight excluding hydrogens is 422 g/mol. The number of aliphatic hydroxyl groups excluding tert-OH is 1. The minimum atomic E-state index is -1.36. The third-order valence-corrected chi connectivity index (χ3v) is 6.07. The fourth-order valence-corrected chi connectivity index (χ4v) is 4.02. The standard InChI is InChI=1S/C21H22ClN5O4/c22-16-5-2-1-4-15(16)19(29)27-10-8-26(9-11-27)18(17-6-3-7-23-25-17)24-21(20(30)31)12-14(21)13-28/h1-7,14,28H,8-13H2,(H,30,31)/b24-18+. The summed E-state index contributed by atoms with van der Waals surface area (Å²) in [5.41, 5.74) is -0.446. The van der Waals surface area contributed by atoms with E-state index in [2.05, 4.69) is 15.2 Å². The van der Waals surface area contributed by atoms with Gasteiger partial charge in [-0.25, -0.2) is 9.79 Å². The summed E-state index contributed by atoms with van der Waals surface area (Å²) in [5.74, 6) is -1.23. The normalized spacial score (nSPS) is 23.5. The number of aliphatic carboxylic acids is 1. The van der Waals surface area contributed by atoms with Crippen LogP contribution in [0, 0.1) is 5.92 Å². The molecule has 9 nitrogen and oxygen atoms in total. The van der Waals surface area contributed by atoms with Gasteiger partial charge in [-0.1, -0.05) is 23.7 Å². The van der Waals surface area contributed by atoms with E-state index in [1.165, 1.54) is 6.20 Å². The molecular formula is C21H22ClN5O4. The summed E-state index contributed by atoms with van der Waals surface area (Å²) in [6.45, 7) is 1.50. The molecule has 1 amide bonds. The highest BCUT2D eigenvalue weighted by Gasteiger charge is 2.61. The fourth-order valence-electron chi connectivity index (χ4n) is 3.81. The molecule has 31 heavy (non-hydrogen) atoms. The molecule has 10 heteroatoms. The third kappa shape index (κ3) is 4.11. The zero-order chi connectivity index (χ0) is 22.0. The number of aliphatic imine (C=N–C) groups is 1. The van der Waals surface area contributed by atoms with Gasteiger partial charge in [0.25, 0.3) is 5.91 Å². The maximum atomic E-state index is 12.8. The van der Waals surface area contributed by atoms with Gasteiger partial charge in [0.2, 0.25) is 0 Å². The van der Waals surface area contributed by atoms with Crippen molar-refractivity contribution in [2.45, 2.75) is 12.0 Å². The van der Waals surface area contributed by atoms with Crippen molar-refractivity contribution in [2.24, 2.45) is 10.9 Å². The van der Waals surface area contributed by atoms with Crippen molar-refractivity contribution in [1.82, 2.24) is 20.0 Å². The molecule has 1 saturated carbocycles. The first-order chi connectivity index (χ1) is 15.0. The van der Waals surface area contributed by atoms with Crippen molar-refractivity contribution < 1.29 is 19.8 Å². The number of rotatable bonds is 5.